The molecule has 3 atom stereocenters. The van der Waals surface area contributed by atoms with Gasteiger partial charge < -0.3 is 4.90 Å². The van der Waals surface area contributed by atoms with Crippen molar-refractivity contribution in [3.05, 3.63) is 82.3 Å². The van der Waals surface area contributed by atoms with E-state index in [1.807, 2.05) is 41.3 Å². The summed E-state index contributed by atoms with van der Waals surface area (Å²) >= 11 is 3.49. The van der Waals surface area contributed by atoms with Gasteiger partial charge in [-0.3, -0.25) is 4.79 Å². The summed E-state index contributed by atoms with van der Waals surface area (Å²) in [4.78, 5) is 15.0. The van der Waals surface area contributed by atoms with Crippen LogP contribution in [0.25, 0.3) is 0 Å². The van der Waals surface area contributed by atoms with Crippen molar-refractivity contribution in [2.24, 2.45) is 5.92 Å². The van der Waals surface area contributed by atoms with Crippen LogP contribution in [0.3, 0.4) is 0 Å². The van der Waals surface area contributed by atoms with Gasteiger partial charge in [0.25, 0.3) is 5.91 Å². The fourth-order valence-electron chi connectivity index (χ4n) is 3.51. The topological polar surface area (TPSA) is 20.3 Å². The summed E-state index contributed by atoms with van der Waals surface area (Å²) in [5.74, 6) is 0.357. The first-order valence-corrected chi connectivity index (χ1v) is 9.22. The molecule has 3 heteroatoms. The van der Waals surface area contributed by atoms with E-state index in [-0.39, 0.29) is 18.0 Å². The third-order valence-corrected chi connectivity index (χ3v) is 5.42. The molecule has 0 radical (unpaired) electrons. The highest BCUT2D eigenvalue weighted by atomic mass is 79.9. The van der Waals surface area contributed by atoms with Crippen LogP contribution >= 0.6 is 15.9 Å². The fraction of sp³-hybridized carbons (Fsp3) is 0.286. The summed E-state index contributed by atoms with van der Waals surface area (Å²) in [6.07, 6.45) is 3.06. The molecule has 0 bridgehead atoms. The largest absolute Gasteiger partial charge is 0.324 e. The van der Waals surface area contributed by atoms with Gasteiger partial charge in [0.1, 0.15) is 0 Å². The number of nitrogens with zero attached hydrogens (tertiary/aromatic N) is 1. The summed E-state index contributed by atoms with van der Waals surface area (Å²) in [6, 6.07) is 20.7. The first kappa shape index (κ1) is 17.0. The Morgan fingerprint density at radius 1 is 1.04 bits per heavy atom. The van der Waals surface area contributed by atoms with Crippen LogP contribution in [0.4, 0.5) is 0 Å². The molecule has 0 aromatic heterocycles. The number of hydrogen-bond acceptors (Lipinski definition) is 1. The summed E-state index contributed by atoms with van der Waals surface area (Å²) in [7, 11) is 0. The highest BCUT2D eigenvalue weighted by Gasteiger charge is 2.38. The van der Waals surface area contributed by atoms with Crippen LogP contribution in [-0.2, 0) is 4.79 Å². The fourth-order valence-corrected chi connectivity index (χ4v) is 4.06. The van der Waals surface area contributed by atoms with Crippen LogP contribution in [0.15, 0.2) is 71.2 Å². The first-order valence-electron chi connectivity index (χ1n) is 8.43. The molecule has 0 spiro atoms. The van der Waals surface area contributed by atoms with E-state index in [1.165, 1.54) is 5.56 Å². The average molecular weight is 384 g/mol. The van der Waals surface area contributed by atoms with E-state index >= 15 is 0 Å². The van der Waals surface area contributed by atoms with Gasteiger partial charge in [-0.15, -0.1) is 0 Å². The SMILES string of the molecule is CC[C@@H]1C=C(Br)C(=O)N([C@@H](C)c2ccccc2)[C@H]1c1ccccc1. The lowest BCUT2D eigenvalue weighted by Crippen LogP contribution is -2.43. The van der Waals surface area contributed by atoms with E-state index in [0.29, 0.717) is 10.4 Å². The van der Waals surface area contributed by atoms with E-state index in [2.05, 4.69) is 60.1 Å². The predicted octanol–water partition coefficient (Wildman–Crippen LogP) is 5.64. The van der Waals surface area contributed by atoms with Gasteiger partial charge in [-0.1, -0.05) is 73.7 Å². The van der Waals surface area contributed by atoms with Crippen molar-refractivity contribution in [3.8, 4) is 0 Å². The molecule has 1 aliphatic heterocycles. The van der Waals surface area contributed by atoms with Gasteiger partial charge in [-0.05, 0) is 40.4 Å². The molecule has 0 saturated carbocycles. The molecular formula is C21H22BrNO. The van der Waals surface area contributed by atoms with Gasteiger partial charge in [0, 0.05) is 5.92 Å². The highest BCUT2D eigenvalue weighted by Crippen LogP contribution is 2.43. The van der Waals surface area contributed by atoms with E-state index in [0.717, 1.165) is 12.0 Å². The van der Waals surface area contributed by atoms with Gasteiger partial charge in [-0.2, -0.15) is 0 Å². The van der Waals surface area contributed by atoms with Gasteiger partial charge in [0.2, 0.25) is 0 Å². The van der Waals surface area contributed by atoms with Crippen molar-refractivity contribution in [2.45, 2.75) is 32.4 Å². The number of benzene rings is 2. The minimum absolute atomic E-state index is 0.0132. The van der Waals surface area contributed by atoms with Crippen molar-refractivity contribution >= 4 is 21.8 Å². The summed E-state index contributed by atoms with van der Waals surface area (Å²) < 4.78 is 0.671. The zero-order valence-electron chi connectivity index (χ0n) is 14.0. The van der Waals surface area contributed by atoms with Gasteiger partial charge >= 0.3 is 0 Å². The standard InChI is InChI=1S/C21H22BrNO/c1-3-16-14-19(22)21(24)23(15(2)17-10-6-4-7-11-17)20(16)18-12-8-5-9-13-18/h4-16,20H,3H2,1-2H3/t15-,16+,20+/m0/s1. The van der Waals surface area contributed by atoms with E-state index < -0.39 is 0 Å². The molecular weight excluding hydrogens is 362 g/mol. The Bertz CT molecular complexity index is 726. The minimum Gasteiger partial charge on any atom is -0.324 e. The number of halogens is 1. The van der Waals surface area contributed by atoms with Crippen molar-refractivity contribution in [3.63, 3.8) is 0 Å². The highest BCUT2D eigenvalue weighted by molar-refractivity contribution is 9.12. The Balaban J connectivity index is 2.08. The lowest BCUT2D eigenvalue weighted by Gasteiger charge is -2.43. The molecule has 2 aromatic carbocycles. The Hall–Kier alpha value is -1.87. The molecule has 1 amide bonds. The molecule has 3 rings (SSSR count). The molecule has 2 aromatic rings. The van der Waals surface area contributed by atoms with Crippen LogP contribution < -0.4 is 0 Å². The van der Waals surface area contributed by atoms with Crippen LogP contribution in [0, 0.1) is 5.92 Å². The summed E-state index contributed by atoms with van der Waals surface area (Å²) in [5, 5.41) is 0. The third kappa shape index (κ3) is 3.18. The molecule has 0 aliphatic carbocycles. The molecule has 0 N–H and O–H groups in total. The van der Waals surface area contributed by atoms with Crippen LogP contribution in [0.2, 0.25) is 0 Å². The first-order chi connectivity index (χ1) is 11.6. The zero-order valence-corrected chi connectivity index (χ0v) is 15.6. The second-order valence-electron chi connectivity index (χ2n) is 6.24. The number of hydrogen-bond donors (Lipinski definition) is 0. The summed E-state index contributed by atoms with van der Waals surface area (Å²) in [5.41, 5.74) is 2.35. The molecule has 0 fully saturated rings. The van der Waals surface area contributed by atoms with Crippen LogP contribution in [0.5, 0.6) is 0 Å². The maximum atomic E-state index is 13.0. The zero-order chi connectivity index (χ0) is 17.1. The van der Waals surface area contributed by atoms with Crippen LogP contribution in [-0.4, -0.2) is 10.8 Å². The predicted molar refractivity (Wildman–Crippen MR) is 102 cm³/mol. The van der Waals surface area contributed by atoms with Crippen molar-refractivity contribution in [1.29, 1.82) is 0 Å². The normalized spacial score (nSPS) is 22.2. The monoisotopic (exact) mass is 383 g/mol. The number of carbonyl (C=O) groups is 1. The Kier molecular flexibility index (Phi) is 5.20. The molecule has 124 valence electrons. The second kappa shape index (κ2) is 7.35. The second-order valence-corrected chi connectivity index (χ2v) is 7.10. The minimum atomic E-state index is 0.0132. The van der Waals surface area contributed by atoms with Crippen LogP contribution in [0.1, 0.15) is 43.5 Å². The lowest BCUT2D eigenvalue weighted by atomic mass is 9.85. The Labute approximate surface area is 152 Å². The van der Waals surface area contributed by atoms with Gasteiger partial charge in [-0.25, -0.2) is 0 Å². The van der Waals surface area contributed by atoms with E-state index in [4.69, 9.17) is 0 Å². The molecule has 0 unspecified atom stereocenters. The van der Waals surface area contributed by atoms with Gasteiger partial charge in [0.15, 0.2) is 0 Å². The van der Waals surface area contributed by atoms with Crippen molar-refractivity contribution in [1.82, 2.24) is 4.90 Å². The quantitative estimate of drug-likeness (QED) is 0.669. The maximum absolute atomic E-state index is 13.0. The van der Waals surface area contributed by atoms with Crippen molar-refractivity contribution < 1.29 is 4.79 Å². The van der Waals surface area contributed by atoms with Crippen molar-refractivity contribution in [2.75, 3.05) is 0 Å². The van der Waals surface area contributed by atoms with Gasteiger partial charge in [0.05, 0.1) is 16.6 Å². The number of amides is 1. The average Bonchev–Trinajstić information content (AvgIpc) is 2.64. The Morgan fingerprint density at radius 2 is 1.62 bits per heavy atom. The number of rotatable bonds is 4. The summed E-state index contributed by atoms with van der Waals surface area (Å²) in [6.45, 7) is 4.29. The molecule has 1 aliphatic rings. The Morgan fingerprint density at radius 3 is 2.21 bits per heavy atom. The maximum Gasteiger partial charge on any atom is 0.261 e. The van der Waals surface area contributed by atoms with E-state index in [9.17, 15) is 4.79 Å². The lowest BCUT2D eigenvalue weighted by molar-refractivity contribution is -0.133. The molecule has 2 nitrogen and oxygen atoms in total. The van der Waals surface area contributed by atoms with E-state index in [1.54, 1.807) is 0 Å². The molecule has 1 heterocycles. The smallest absolute Gasteiger partial charge is 0.261 e. The molecule has 0 saturated heterocycles. The third-order valence-electron chi connectivity index (χ3n) is 4.82. The number of carbonyl (C=O) groups excluding carboxylic acids is 1. The molecule has 24 heavy (non-hydrogen) atoms.